The average molecular weight is 239 g/mol. The zero-order valence-electron chi connectivity index (χ0n) is 11.9. The molecule has 1 N–H and O–H groups in total. The molecule has 0 bridgehead atoms. The van der Waals surface area contributed by atoms with Crippen LogP contribution in [0.5, 0.6) is 5.75 Å². The lowest BCUT2D eigenvalue weighted by Crippen LogP contribution is -2.34. The first-order valence-electron chi connectivity index (χ1n) is 6.21. The van der Waals surface area contributed by atoms with E-state index in [2.05, 4.69) is 31.2 Å². The molecule has 0 fully saturated rings. The molecule has 98 valence electrons. The van der Waals surface area contributed by atoms with Crippen molar-refractivity contribution in [1.29, 1.82) is 0 Å². The van der Waals surface area contributed by atoms with Gasteiger partial charge in [0.15, 0.2) is 5.75 Å². The molecule has 17 heavy (non-hydrogen) atoms. The fraction of sp³-hybridized carbons (Fsp3) is 0.769. The maximum absolute atomic E-state index is 5.93. The summed E-state index contributed by atoms with van der Waals surface area (Å²) in [6.07, 6.45) is 0. The Labute approximate surface area is 104 Å². The molecule has 4 nitrogen and oxygen atoms in total. The summed E-state index contributed by atoms with van der Waals surface area (Å²) < 4.78 is 7.79. The van der Waals surface area contributed by atoms with Crippen LogP contribution >= 0.6 is 0 Å². The van der Waals surface area contributed by atoms with E-state index >= 15 is 0 Å². The molecular formula is C13H25N3O. The zero-order chi connectivity index (χ0) is 13.1. The van der Waals surface area contributed by atoms with Crippen molar-refractivity contribution in [2.45, 2.75) is 34.6 Å². The molecule has 0 aliphatic carbocycles. The van der Waals surface area contributed by atoms with E-state index in [1.54, 1.807) is 0 Å². The second kappa shape index (κ2) is 5.54. The molecule has 0 saturated carbocycles. The summed E-state index contributed by atoms with van der Waals surface area (Å²) in [6, 6.07) is 0. The molecule has 4 heteroatoms. The Bertz CT molecular complexity index is 369. The predicted octanol–water partition coefficient (Wildman–Crippen LogP) is 2.05. The normalized spacial score (nSPS) is 11.9. The van der Waals surface area contributed by atoms with E-state index < -0.39 is 0 Å². The Balaban J connectivity index is 2.60. The van der Waals surface area contributed by atoms with Gasteiger partial charge in [0.1, 0.15) is 5.69 Å². The first-order chi connectivity index (χ1) is 7.87. The number of hydrogen-bond acceptors (Lipinski definition) is 3. The monoisotopic (exact) mass is 239 g/mol. The minimum atomic E-state index is 0.130. The number of aryl methyl sites for hydroxylation is 2. The van der Waals surface area contributed by atoms with Gasteiger partial charge in [-0.15, -0.1) is 0 Å². The van der Waals surface area contributed by atoms with Gasteiger partial charge in [-0.25, -0.2) is 0 Å². The Morgan fingerprint density at radius 1 is 1.35 bits per heavy atom. The van der Waals surface area contributed by atoms with E-state index in [-0.39, 0.29) is 5.41 Å². The summed E-state index contributed by atoms with van der Waals surface area (Å²) in [5.41, 5.74) is 2.18. The topological polar surface area (TPSA) is 39.1 Å². The van der Waals surface area contributed by atoms with Crippen LogP contribution in [-0.2, 0) is 7.05 Å². The summed E-state index contributed by atoms with van der Waals surface area (Å²) in [5.74, 6) is 0.928. The molecular weight excluding hydrogens is 214 g/mol. The number of aromatic nitrogens is 2. The Morgan fingerprint density at radius 2 is 2.00 bits per heavy atom. The lowest BCUT2D eigenvalue weighted by Gasteiger charge is -2.25. The second-order valence-corrected chi connectivity index (χ2v) is 5.36. The Kier molecular flexibility index (Phi) is 4.57. The van der Waals surface area contributed by atoms with Gasteiger partial charge in [0, 0.05) is 19.0 Å². The second-order valence-electron chi connectivity index (χ2n) is 5.36. The predicted molar refractivity (Wildman–Crippen MR) is 70.5 cm³/mol. The molecule has 0 radical (unpaired) electrons. The van der Waals surface area contributed by atoms with Crippen molar-refractivity contribution in [3.8, 4) is 5.75 Å². The van der Waals surface area contributed by atoms with E-state index in [9.17, 15) is 0 Å². The van der Waals surface area contributed by atoms with Crippen LogP contribution in [0, 0.1) is 19.3 Å². The lowest BCUT2D eigenvalue weighted by atomic mass is 9.95. The summed E-state index contributed by atoms with van der Waals surface area (Å²) in [6.45, 7) is 13.2. The van der Waals surface area contributed by atoms with Crippen molar-refractivity contribution in [2.24, 2.45) is 12.5 Å². The fourth-order valence-electron chi connectivity index (χ4n) is 1.75. The molecule has 0 aliphatic heterocycles. The van der Waals surface area contributed by atoms with Crippen molar-refractivity contribution in [1.82, 2.24) is 15.1 Å². The zero-order valence-corrected chi connectivity index (χ0v) is 11.9. The van der Waals surface area contributed by atoms with Crippen molar-refractivity contribution < 1.29 is 4.74 Å². The number of nitrogens with zero attached hydrogens (tertiary/aromatic N) is 2. The minimum absolute atomic E-state index is 0.130. The molecule has 0 saturated heterocycles. The maximum Gasteiger partial charge on any atom is 0.162 e. The van der Waals surface area contributed by atoms with Crippen molar-refractivity contribution in [3.05, 3.63) is 11.4 Å². The standard InChI is InChI=1S/C13H25N3O/c1-7-14-8-13(4,5)9-17-12-10(2)15-16(6)11(12)3/h14H,7-9H2,1-6H3. The summed E-state index contributed by atoms with van der Waals surface area (Å²) in [4.78, 5) is 0. The third kappa shape index (κ3) is 3.73. The molecule has 1 heterocycles. The van der Waals surface area contributed by atoms with Crippen LogP contribution in [0.15, 0.2) is 0 Å². The fourth-order valence-corrected chi connectivity index (χ4v) is 1.75. The summed E-state index contributed by atoms with van der Waals surface area (Å²) in [7, 11) is 1.94. The SMILES string of the molecule is CCNCC(C)(C)COc1c(C)nn(C)c1C. The maximum atomic E-state index is 5.93. The summed E-state index contributed by atoms with van der Waals surface area (Å²) in [5, 5.41) is 7.71. The molecule has 1 aromatic rings. The van der Waals surface area contributed by atoms with Crippen molar-refractivity contribution in [2.75, 3.05) is 19.7 Å². The van der Waals surface area contributed by atoms with Gasteiger partial charge in [-0.2, -0.15) is 5.10 Å². The number of rotatable bonds is 6. The van der Waals surface area contributed by atoms with Gasteiger partial charge in [0.2, 0.25) is 0 Å². The van der Waals surface area contributed by atoms with Gasteiger partial charge in [-0.3, -0.25) is 4.68 Å². The van der Waals surface area contributed by atoms with Gasteiger partial charge in [0.25, 0.3) is 0 Å². The minimum Gasteiger partial charge on any atom is -0.489 e. The molecule has 0 spiro atoms. The number of ether oxygens (including phenoxy) is 1. The Hall–Kier alpha value is -1.03. The lowest BCUT2D eigenvalue weighted by molar-refractivity contribution is 0.175. The average Bonchev–Trinajstić information content (AvgIpc) is 2.48. The van der Waals surface area contributed by atoms with Crippen molar-refractivity contribution in [3.63, 3.8) is 0 Å². The van der Waals surface area contributed by atoms with Gasteiger partial charge >= 0.3 is 0 Å². The van der Waals surface area contributed by atoms with Crippen LogP contribution in [0.2, 0.25) is 0 Å². The highest BCUT2D eigenvalue weighted by Gasteiger charge is 2.20. The van der Waals surface area contributed by atoms with Crippen LogP contribution in [0.25, 0.3) is 0 Å². The molecule has 0 aromatic carbocycles. The van der Waals surface area contributed by atoms with E-state index in [1.807, 2.05) is 25.6 Å². The highest BCUT2D eigenvalue weighted by Crippen LogP contribution is 2.24. The van der Waals surface area contributed by atoms with Crippen molar-refractivity contribution >= 4 is 0 Å². The van der Waals surface area contributed by atoms with Crippen LogP contribution in [0.3, 0.4) is 0 Å². The third-order valence-corrected chi connectivity index (χ3v) is 2.90. The number of hydrogen-bond donors (Lipinski definition) is 1. The van der Waals surface area contributed by atoms with E-state index in [0.29, 0.717) is 6.61 Å². The molecule has 1 aromatic heterocycles. The van der Waals surface area contributed by atoms with Crippen LogP contribution in [0.4, 0.5) is 0 Å². The van der Waals surface area contributed by atoms with Crippen LogP contribution < -0.4 is 10.1 Å². The van der Waals surface area contributed by atoms with Gasteiger partial charge in [-0.1, -0.05) is 20.8 Å². The molecule has 0 unspecified atom stereocenters. The van der Waals surface area contributed by atoms with E-state index in [4.69, 9.17) is 4.74 Å². The number of nitrogens with one attached hydrogen (secondary N) is 1. The van der Waals surface area contributed by atoms with E-state index in [0.717, 1.165) is 30.2 Å². The highest BCUT2D eigenvalue weighted by molar-refractivity contribution is 5.31. The highest BCUT2D eigenvalue weighted by atomic mass is 16.5. The first-order valence-corrected chi connectivity index (χ1v) is 6.21. The molecule has 1 rings (SSSR count). The molecule has 0 amide bonds. The first kappa shape index (κ1) is 14.0. The summed E-state index contributed by atoms with van der Waals surface area (Å²) >= 11 is 0. The van der Waals surface area contributed by atoms with Crippen LogP contribution in [0.1, 0.15) is 32.2 Å². The largest absolute Gasteiger partial charge is 0.489 e. The van der Waals surface area contributed by atoms with Crippen LogP contribution in [-0.4, -0.2) is 29.5 Å². The molecule has 0 aliphatic rings. The third-order valence-electron chi connectivity index (χ3n) is 2.90. The van der Waals surface area contributed by atoms with Gasteiger partial charge in [-0.05, 0) is 20.4 Å². The van der Waals surface area contributed by atoms with Gasteiger partial charge in [0.05, 0.1) is 12.3 Å². The van der Waals surface area contributed by atoms with Gasteiger partial charge < -0.3 is 10.1 Å². The quantitative estimate of drug-likeness (QED) is 0.826. The molecule has 0 atom stereocenters. The smallest absolute Gasteiger partial charge is 0.162 e. The Morgan fingerprint density at radius 3 is 2.47 bits per heavy atom. The van der Waals surface area contributed by atoms with E-state index in [1.165, 1.54) is 0 Å².